The number of hydrogen-bond acceptors (Lipinski definition) is 5. The number of hydrogen-bond donors (Lipinski definition) is 1. The number of nitrogens with zero attached hydrogens (tertiary/aromatic N) is 2. The molecule has 26 heavy (non-hydrogen) atoms. The van der Waals surface area contributed by atoms with Crippen molar-refractivity contribution in [2.45, 2.75) is 32.0 Å². The standard InChI is InChI=1S/C19H21N3O2S2/c1-3-22-16-7-5-4-6-15(16)21-19(22)25-12-17(24)18-9-8-14(26-18)10-11-20-13(2)23/h4-9H,3,10-12H2,1-2H3,(H,20,23). The lowest BCUT2D eigenvalue weighted by Gasteiger charge is -2.04. The number of fused-ring (bicyclic) bond motifs is 1. The first-order valence-corrected chi connectivity index (χ1v) is 10.3. The van der Waals surface area contributed by atoms with E-state index in [1.165, 1.54) is 30.0 Å². The molecule has 2 aromatic heterocycles. The first kappa shape index (κ1) is 18.7. The van der Waals surface area contributed by atoms with Crippen molar-refractivity contribution in [3.8, 4) is 0 Å². The van der Waals surface area contributed by atoms with Gasteiger partial charge in [-0.25, -0.2) is 4.98 Å². The molecule has 0 aliphatic carbocycles. The third-order valence-electron chi connectivity index (χ3n) is 3.95. The second kappa shape index (κ2) is 8.51. The zero-order valence-electron chi connectivity index (χ0n) is 14.8. The van der Waals surface area contributed by atoms with Crippen molar-refractivity contribution in [2.75, 3.05) is 12.3 Å². The SMILES string of the molecule is CCn1c(SCC(=O)c2ccc(CCNC(C)=O)s2)nc2ccccc21. The Balaban J connectivity index is 1.62. The zero-order valence-corrected chi connectivity index (χ0v) is 16.5. The van der Waals surface area contributed by atoms with Gasteiger partial charge in [0.05, 0.1) is 21.7 Å². The maximum absolute atomic E-state index is 12.5. The summed E-state index contributed by atoms with van der Waals surface area (Å²) in [6.07, 6.45) is 0.746. The Morgan fingerprint density at radius 1 is 1.23 bits per heavy atom. The van der Waals surface area contributed by atoms with Gasteiger partial charge in [-0.2, -0.15) is 0 Å². The Morgan fingerprint density at radius 3 is 2.81 bits per heavy atom. The highest BCUT2D eigenvalue weighted by molar-refractivity contribution is 7.99. The summed E-state index contributed by atoms with van der Waals surface area (Å²) < 4.78 is 2.14. The van der Waals surface area contributed by atoms with Crippen LogP contribution in [0.4, 0.5) is 0 Å². The molecule has 0 aliphatic rings. The van der Waals surface area contributed by atoms with Gasteiger partial charge in [-0.3, -0.25) is 9.59 Å². The van der Waals surface area contributed by atoms with Gasteiger partial charge in [0.25, 0.3) is 0 Å². The molecule has 0 saturated heterocycles. The van der Waals surface area contributed by atoms with Crippen LogP contribution in [0.1, 0.15) is 28.4 Å². The summed E-state index contributed by atoms with van der Waals surface area (Å²) in [5.41, 5.74) is 2.06. The summed E-state index contributed by atoms with van der Waals surface area (Å²) in [7, 11) is 0. The molecule has 0 unspecified atom stereocenters. The second-order valence-electron chi connectivity index (χ2n) is 5.84. The van der Waals surface area contributed by atoms with Crippen molar-refractivity contribution in [3.05, 3.63) is 46.2 Å². The van der Waals surface area contributed by atoms with Crippen molar-refractivity contribution in [1.82, 2.24) is 14.9 Å². The normalized spacial score (nSPS) is 11.0. The van der Waals surface area contributed by atoms with Gasteiger partial charge in [-0.15, -0.1) is 11.3 Å². The highest BCUT2D eigenvalue weighted by Crippen LogP contribution is 2.26. The molecular weight excluding hydrogens is 366 g/mol. The van der Waals surface area contributed by atoms with Gasteiger partial charge in [-0.05, 0) is 37.6 Å². The van der Waals surface area contributed by atoms with Crippen molar-refractivity contribution in [3.63, 3.8) is 0 Å². The molecule has 1 amide bonds. The summed E-state index contributed by atoms with van der Waals surface area (Å²) in [5, 5.41) is 3.65. The van der Waals surface area contributed by atoms with E-state index >= 15 is 0 Å². The van der Waals surface area contributed by atoms with E-state index in [2.05, 4.69) is 27.9 Å². The molecule has 1 aromatic carbocycles. The number of thiophene rings is 1. The number of amides is 1. The molecule has 3 rings (SSSR count). The number of Topliss-reactive ketones (excluding diaryl/α,β-unsaturated/α-hetero) is 1. The maximum atomic E-state index is 12.5. The molecule has 0 spiro atoms. The number of ketones is 1. The van der Waals surface area contributed by atoms with Crippen molar-refractivity contribution >= 4 is 45.8 Å². The molecule has 0 saturated carbocycles. The predicted octanol–water partition coefficient (Wildman–Crippen LogP) is 3.77. The van der Waals surface area contributed by atoms with E-state index in [0.29, 0.717) is 12.3 Å². The van der Waals surface area contributed by atoms with Gasteiger partial charge in [0.2, 0.25) is 5.91 Å². The topological polar surface area (TPSA) is 64.0 Å². The average Bonchev–Trinajstić information content (AvgIpc) is 3.23. The van der Waals surface area contributed by atoms with Gasteiger partial charge in [-0.1, -0.05) is 23.9 Å². The van der Waals surface area contributed by atoms with Crippen LogP contribution in [0.15, 0.2) is 41.6 Å². The number of aryl methyl sites for hydroxylation is 1. The van der Waals surface area contributed by atoms with Crippen LogP contribution >= 0.6 is 23.1 Å². The second-order valence-corrected chi connectivity index (χ2v) is 7.95. The van der Waals surface area contributed by atoms with Crippen LogP contribution in [0.3, 0.4) is 0 Å². The fraction of sp³-hybridized carbons (Fsp3) is 0.316. The minimum absolute atomic E-state index is 0.0342. The third-order valence-corrected chi connectivity index (χ3v) is 6.11. The fourth-order valence-electron chi connectivity index (χ4n) is 2.69. The number of carbonyl (C=O) groups excluding carboxylic acids is 2. The van der Waals surface area contributed by atoms with Gasteiger partial charge < -0.3 is 9.88 Å². The van der Waals surface area contributed by atoms with E-state index in [-0.39, 0.29) is 11.7 Å². The summed E-state index contributed by atoms with van der Waals surface area (Å²) in [4.78, 5) is 29.9. The molecule has 5 nitrogen and oxygen atoms in total. The minimum Gasteiger partial charge on any atom is -0.356 e. The lowest BCUT2D eigenvalue weighted by atomic mass is 10.3. The van der Waals surface area contributed by atoms with Crippen LogP contribution in [0, 0.1) is 0 Å². The molecular formula is C19H21N3O2S2. The molecule has 0 fully saturated rings. The highest BCUT2D eigenvalue weighted by Gasteiger charge is 2.14. The van der Waals surface area contributed by atoms with Crippen LogP contribution in [0.25, 0.3) is 11.0 Å². The number of benzene rings is 1. The van der Waals surface area contributed by atoms with Crippen LogP contribution in [0.5, 0.6) is 0 Å². The van der Waals surface area contributed by atoms with E-state index < -0.39 is 0 Å². The Bertz CT molecular complexity index is 930. The number of nitrogens with one attached hydrogen (secondary N) is 1. The molecule has 0 radical (unpaired) electrons. The minimum atomic E-state index is -0.0342. The lowest BCUT2D eigenvalue weighted by Crippen LogP contribution is -2.22. The number of thioether (sulfide) groups is 1. The Labute approximate surface area is 160 Å². The number of aromatic nitrogens is 2. The van der Waals surface area contributed by atoms with Crippen molar-refractivity contribution in [2.24, 2.45) is 0 Å². The van der Waals surface area contributed by atoms with Crippen LogP contribution < -0.4 is 5.32 Å². The third kappa shape index (κ3) is 4.34. The lowest BCUT2D eigenvalue weighted by molar-refractivity contribution is -0.118. The highest BCUT2D eigenvalue weighted by atomic mass is 32.2. The number of carbonyl (C=O) groups is 2. The van der Waals surface area contributed by atoms with Gasteiger partial charge in [0.15, 0.2) is 10.9 Å². The van der Waals surface area contributed by atoms with Crippen LogP contribution in [0.2, 0.25) is 0 Å². The fourth-order valence-corrected chi connectivity index (χ4v) is 4.69. The number of rotatable bonds is 8. The molecule has 2 heterocycles. The van der Waals surface area contributed by atoms with Crippen LogP contribution in [-0.2, 0) is 17.8 Å². The summed E-state index contributed by atoms with van der Waals surface area (Å²) in [6, 6.07) is 11.9. The van der Waals surface area contributed by atoms with E-state index in [0.717, 1.165) is 38.9 Å². The molecule has 3 aromatic rings. The van der Waals surface area contributed by atoms with Gasteiger partial charge in [0, 0.05) is 24.9 Å². The van der Waals surface area contributed by atoms with Gasteiger partial charge in [0.1, 0.15) is 0 Å². The summed E-state index contributed by atoms with van der Waals surface area (Å²) in [6.45, 7) is 5.01. The first-order chi connectivity index (χ1) is 12.6. The predicted molar refractivity (Wildman–Crippen MR) is 107 cm³/mol. The zero-order chi connectivity index (χ0) is 18.5. The molecule has 0 atom stereocenters. The largest absolute Gasteiger partial charge is 0.356 e. The monoisotopic (exact) mass is 387 g/mol. The molecule has 1 N–H and O–H groups in total. The average molecular weight is 388 g/mol. The Morgan fingerprint density at radius 2 is 2.04 bits per heavy atom. The molecule has 0 aliphatic heterocycles. The van der Waals surface area contributed by atoms with E-state index in [1.807, 2.05) is 30.3 Å². The van der Waals surface area contributed by atoms with E-state index in [1.54, 1.807) is 0 Å². The quantitative estimate of drug-likeness (QED) is 0.472. The van der Waals surface area contributed by atoms with E-state index in [9.17, 15) is 9.59 Å². The van der Waals surface area contributed by atoms with Gasteiger partial charge >= 0.3 is 0 Å². The van der Waals surface area contributed by atoms with Crippen molar-refractivity contribution < 1.29 is 9.59 Å². The van der Waals surface area contributed by atoms with Crippen molar-refractivity contribution in [1.29, 1.82) is 0 Å². The molecule has 136 valence electrons. The Kier molecular flexibility index (Phi) is 6.11. The molecule has 0 bridgehead atoms. The Hall–Kier alpha value is -2.12. The number of para-hydroxylation sites is 2. The first-order valence-electron chi connectivity index (χ1n) is 8.53. The molecule has 7 heteroatoms. The number of imidazole rings is 1. The summed E-state index contributed by atoms with van der Waals surface area (Å²) >= 11 is 2.98. The maximum Gasteiger partial charge on any atom is 0.216 e. The summed E-state index contributed by atoms with van der Waals surface area (Å²) in [5.74, 6) is 0.447. The van der Waals surface area contributed by atoms with Crippen LogP contribution in [-0.4, -0.2) is 33.5 Å². The van der Waals surface area contributed by atoms with E-state index in [4.69, 9.17) is 0 Å². The smallest absolute Gasteiger partial charge is 0.216 e.